The number of nitrogens with zero attached hydrogens (tertiary/aromatic N) is 1. The van der Waals surface area contributed by atoms with Crippen molar-refractivity contribution in [1.82, 2.24) is 5.32 Å². The van der Waals surface area contributed by atoms with Gasteiger partial charge < -0.3 is 16.0 Å². The molecule has 0 aliphatic rings. The molecule has 0 aliphatic carbocycles. The van der Waals surface area contributed by atoms with E-state index < -0.39 is 6.04 Å². The van der Waals surface area contributed by atoms with Crippen molar-refractivity contribution in [3.8, 4) is 0 Å². The Balaban J connectivity index is 1.74. The van der Waals surface area contributed by atoms with Gasteiger partial charge in [-0.25, -0.2) is 0 Å². The number of primary amides is 1. The van der Waals surface area contributed by atoms with Gasteiger partial charge in [-0.2, -0.15) is 0 Å². The van der Waals surface area contributed by atoms with E-state index >= 15 is 0 Å². The lowest BCUT2D eigenvalue weighted by atomic mass is 10.1. The Hall–Kier alpha value is -3.11. The van der Waals surface area contributed by atoms with E-state index in [1.54, 1.807) is 0 Å². The Morgan fingerprint density at radius 1 is 0.815 bits per heavy atom. The third-order valence-electron chi connectivity index (χ3n) is 4.48. The second-order valence-electron chi connectivity index (χ2n) is 6.52. The predicted molar refractivity (Wildman–Crippen MR) is 110 cm³/mol. The highest BCUT2D eigenvalue weighted by molar-refractivity contribution is 5.80. The first-order valence-electron chi connectivity index (χ1n) is 9.13. The number of para-hydroxylation sites is 1. The zero-order chi connectivity index (χ0) is 18.9. The van der Waals surface area contributed by atoms with Gasteiger partial charge in [0.15, 0.2) is 0 Å². The van der Waals surface area contributed by atoms with E-state index in [4.69, 9.17) is 5.73 Å². The summed E-state index contributed by atoms with van der Waals surface area (Å²) < 4.78 is 0. The third-order valence-corrected chi connectivity index (χ3v) is 4.48. The average Bonchev–Trinajstić information content (AvgIpc) is 2.72. The minimum Gasteiger partial charge on any atom is -0.368 e. The largest absolute Gasteiger partial charge is 0.368 e. The van der Waals surface area contributed by atoms with Crippen LogP contribution in [0.2, 0.25) is 0 Å². The van der Waals surface area contributed by atoms with Crippen molar-refractivity contribution in [1.29, 1.82) is 0 Å². The average molecular weight is 359 g/mol. The molecule has 0 saturated heterocycles. The molecule has 0 heterocycles. The molecule has 4 nitrogen and oxygen atoms in total. The van der Waals surface area contributed by atoms with E-state index in [0.29, 0.717) is 19.6 Å². The second kappa shape index (κ2) is 9.55. The summed E-state index contributed by atoms with van der Waals surface area (Å²) in [6.45, 7) is 1.81. The number of carbonyl (C=O) groups is 1. The predicted octanol–water partition coefficient (Wildman–Crippen LogP) is 3.34. The third kappa shape index (κ3) is 5.69. The minimum atomic E-state index is -0.450. The number of nitrogens with two attached hydrogens (primary N) is 1. The zero-order valence-electron chi connectivity index (χ0n) is 15.3. The Labute approximate surface area is 160 Å². The maximum atomic E-state index is 12.1. The SMILES string of the molecule is NC(=O)[C@@H](CN(Cc1ccccc1)c1ccccc1)NCc1ccccc1. The molecule has 0 radical (unpaired) electrons. The Bertz CT molecular complexity index is 822. The topological polar surface area (TPSA) is 58.4 Å². The standard InChI is InChI=1S/C23H25N3O/c24-23(27)22(25-16-19-10-4-1-5-11-19)18-26(21-14-8-3-9-15-21)17-20-12-6-2-7-13-20/h1-15,22,25H,16-18H2,(H2,24,27)/t22-/m1/s1. The van der Waals surface area contributed by atoms with Crippen LogP contribution in [0.3, 0.4) is 0 Å². The fourth-order valence-corrected chi connectivity index (χ4v) is 3.02. The van der Waals surface area contributed by atoms with Crippen LogP contribution in [0.4, 0.5) is 5.69 Å². The summed E-state index contributed by atoms with van der Waals surface area (Å²) in [5.41, 5.74) is 9.07. The van der Waals surface area contributed by atoms with Crippen LogP contribution < -0.4 is 16.0 Å². The van der Waals surface area contributed by atoms with Crippen molar-refractivity contribution in [2.75, 3.05) is 11.4 Å². The molecule has 0 bridgehead atoms. The summed E-state index contributed by atoms with van der Waals surface area (Å²) in [7, 11) is 0. The van der Waals surface area contributed by atoms with Crippen molar-refractivity contribution in [3.05, 3.63) is 102 Å². The van der Waals surface area contributed by atoms with Crippen molar-refractivity contribution >= 4 is 11.6 Å². The molecule has 0 aliphatic heterocycles. The molecule has 0 unspecified atom stereocenters. The van der Waals surface area contributed by atoms with Gasteiger partial charge in [0.05, 0.1) is 0 Å². The van der Waals surface area contributed by atoms with Crippen LogP contribution in [-0.4, -0.2) is 18.5 Å². The number of rotatable bonds is 9. The summed E-state index contributed by atoms with van der Waals surface area (Å²) >= 11 is 0. The first kappa shape index (κ1) is 18.7. The van der Waals surface area contributed by atoms with Crippen molar-refractivity contribution in [2.45, 2.75) is 19.1 Å². The van der Waals surface area contributed by atoms with Gasteiger partial charge in [-0.05, 0) is 23.3 Å². The lowest BCUT2D eigenvalue weighted by molar-refractivity contribution is -0.119. The maximum Gasteiger partial charge on any atom is 0.236 e. The molecule has 4 heteroatoms. The van der Waals surface area contributed by atoms with Gasteiger partial charge in [0.1, 0.15) is 6.04 Å². The first-order chi connectivity index (χ1) is 13.2. The van der Waals surface area contributed by atoms with Gasteiger partial charge in [0.25, 0.3) is 0 Å². The molecule has 138 valence electrons. The van der Waals surface area contributed by atoms with Crippen molar-refractivity contribution in [3.63, 3.8) is 0 Å². The number of carbonyl (C=O) groups excluding carboxylic acids is 1. The number of nitrogens with one attached hydrogen (secondary N) is 1. The van der Waals surface area contributed by atoms with Crippen LogP contribution in [0, 0.1) is 0 Å². The van der Waals surface area contributed by atoms with Crippen LogP contribution in [-0.2, 0) is 17.9 Å². The summed E-state index contributed by atoms with van der Waals surface area (Å²) in [6, 6.07) is 29.9. The zero-order valence-corrected chi connectivity index (χ0v) is 15.3. The smallest absolute Gasteiger partial charge is 0.236 e. The summed E-state index contributed by atoms with van der Waals surface area (Å²) in [6.07, 6.45) is 0. The van der Waals surface area contributed by atoms with Crippen molar-refractivity contribution in [2.24, 2.45) is 5.73 Å². The molecule has 27 heavy (non-hydrogen) atoms. The Kier molecular flexibility index (Phi) is 6.61. The molecule has 0 aromatic heterocycles. The summed E-state index contributed by atoms with van der Waals surface area (Å²) in [5.74, 6) is -0.347. The van der Waals surface area contributed by atoms with Gasteiger partial charge in [-0.1, -0.05) is 78.9 Å². The summed E-state index contributed by atoms with van der Waals surface area (Å²) in [4.78, 5) is 14.3. The lowest BCUT2D eigenvalue weighted by Crippen LogP contribution is -2.48. The normalized spacial score (nSPS) is 11.7. The van der Waals surface area contributed by atoms with E-state index in [2.05, 4.69) is 34.5 Å². The molecule has 0 fully saturated rings. The highest BCUT2D eigenvalue weighted by Crippen LogP contribution is 2.17. The van der Waals surface area contributed by atoms with Gasteiger partial charge in [-0.3, -0.25) is 4.79 Å². The molecule has 3 rings (SSSR count). The highest BCUT2D eigenvalue weighted by Gasteiger charge is 2.19. The monoisotopic (exact) mass is 359 g/mol. The molecule has 0 saturated carbocycles. The molecular weight excluding hydrogens is 334 g/mol. The fraction of sp³-hybridized carbons (Fsp3) is 0.174. The molecule has 3 aromatic rings. The van der Waals surface area contributed by atoms with E-state index in [-0.39, 0.29) is 5.91 Å². The summed E-state index contributed by atoms with van der Waals surface area (Å²) in [5, 5.41) is 3.31. The van der Waals surface area contributed by atoms with E-state index in [1.807, 2.05) is 66.7 Å². The van der Waals surface area contributed by atoms with Crippen LogP contribution in [0.15, 0.2) is 91.0 Å². The molecular formula is C23H25N3O. The number of hydrogen-bond donors (Lipinski definition) is 2. The van der Waals surface area contributed by atoms with E-state index in [9.17, 15) is 4.79 Å². The Morgan fingerprint density at radius 2 is 1.33 bits per heavy atom. The maximum absolute atomic E-state index is 12.1. The minimum absolute atomic E-state index is 0.347. The van der Waals surface area contributed by atoms with Gasteiger partial charge >= 0.3 is 0 Å². The van der Waals surface area contributed by atoms with Crippen LogP contribution in [0.1, 0.15) is 11.1 Å². The number of hydrogen-bond acceptors (Lipinski definition) is 3. The van der Waals surface area contributed by atoms with Crippen molar-refractivity contribution < 1.29 is 4.79 Å². The van der Waals surface area contributed by atoms with E-state index in [1.165, 1.54) is 5.56 Å². The number of amides is 1. The van der Waals surface area contributed by atoms with Gasteiger partial charge in [0, 0.05) is 25.3 Å². The number of anilines is 1. The molecule has 1 amide bonds. The van der Waals surface area contributed by atoms with Gasteiger partial charge in [-0.15, -0.1) is 0 Å². The molecule has 0 spiro atoms. The van der Waals surface area contributed by atoms with Crippen LogP contribution in [0.25, 0.3) is 0 Å². The van der Waals surface area contributed by atoms with Crippen LogP contribution >= 0.6 is 0 Å². The quantitative estimate of drug-likeness (QED) is 0.616. The second-order valence-corrected chi connectivity index (χ2v) is 6.52. The van der Waals surface area contributed by atoms with Gasteiger partial charge in [0.2, 0.25) is 5.91 Å². The highest BCUT2D eigenvalue weighted by atomic mass is 16.1. The lowest BCUT2D eigenvalue weighted by Gasteiger charge is -2.29. The number of benzene rings is 3. The molecule has 3 aromatic carbocycles. The Morgan fingerprint density at radius 3 is 1.89 bits per heavy atom. The molecule has 1 atom stereocenters. The van der Waals surface area contributed by atoms with Crippen LogP contribution in [0.5, 0.6) is 0 Å². The fourth-order valence-electron chi connectivity index (χ4n) is 3.02. The molecule has 3 N–H and O–H groups in total. The first-order valence-corrected chi connectivity index (χ1v) is 9.13. The van der Waals surface area contributed by atoms with E-state index in [0.717, 1.165) is 11.3 Å².